The molecule has 0 amide bonds. The molecule has 2 N–H and O–H groups in total. The van der Waals surface area contributed by atoms with E-state index in [1.54, 1.807) is 25.6 Å². The molecule has 2 aromatic carbocycles. The number of likely N-dealkylation sites (N-methyl/N-ethyl adjacent to an activating group) is 1. The zero-order chi connectivity index (χ0) is 33.4. The summed E-state index contributed by atoms with van der Waals surface area (Å²) in [4.78, 5) is 23.2. The Morgan fingerprint density at radius 2 is 1.59 bits per heavy atom. The maximum absolute atomic E-state index is 6.26. The fraction of sp³-hybridized carbons (Fsp3) is 0.243. The van der Waals surface area contributed by atoms with Crippen molar-refractivity contribution in [1.29, 1.82) is 0 Å². The Morgan fingerprint density at radius 1 is 0.755 bits per heavy atom. The summed E-state index contributed by atoms with van der Waals surface area (Å²) >= 11 is 0. The first-order valence-corrected chi connectivity index (χ1v) is 16.4. The summed E-state index contributed by atoms with van der Waals surface area (Å²) in [7, 11) is 3.77. The van der Waals surface area contributed by atoms with E-state index in [-0.39, 0.29) is 0 Å². The van der Waals surface area contributed by atoms with Crippen molar-refractivity contribution in [2.75, 3.05) is 64.1 Å². The van der Waals surface area contributed by atoms with Gasteiger partial charge in [0.05, 0.1) is 24.1 Å². The summed E-state index contributed by atoms with van der Waals surface area (Å²) in [5.74, 6) is 2.84. The average Bonchev–Trinajstić information content (AvgIpc) is 3.15. The van der Waals surface area contributed by atoms with Crippen LogP contribution >= 0.6 is 0 Å². The molecule has 4 aromatic heterocycles. The van der Waals surface area contributed by atoms with Gasteiger partial charge < -0.3 is 29.9 Å². The molecule has 0 spiro atoms. The maximum atomic E-state index is 6.26. The van der Waals surface area contributed by atoms with E-state index < -0.39 is 0 Å². The first-order valence-electron chi connectivity index (χ1n) is 16.4. The number of hydrogen-bond donors (Lipinski definition) is 2. The van der Waals surface area contributed by atoms with Crippen LogP contribution in [0.1, 0.15) is 6.42 Å². The molecule has 1 aliphatic heterocycles. The number of aromatic nitrogens is 6. The quantitative estimate of drug-likeness (QED) is 0.147. The lowest BCUT2D eigenvalue weighted by molar-refractivity contribution is 0.154. The van der Waals surface area contributed by atoms with E-state index >= 15 is 0 Å². The van der Waals surface area contributed by atoms with Crippen LogP contribution in [0, 0.1) is 0 Å². The van der Waals surface area contributed by atoms with E-state index in [2.05, 4.69) is 52.6 Å². The number of benzene rings is 2. The topological polar surface area (TPSA) is 126 Å². The lowest BCUT2D eigenvalue weighted by Gasteiger charge is -2.32. The molecule has 0 radical (unpaired) electrons. The van der Waals surface area contributed by atoms with Crippen molar-refractivity contribution in [1.82, 2.24) is 39.9 Å². The molecule has 1 fully saturated rings. The highest BCUT2D eigenvalue weighted by Crippen LogP contribution is 2.33. The Hall–Kier alpha value is -5.72. The molecule has 0 saturated carbocycles. The molecule has 1 aliphatic rings. The molecule has 0 aliphatic carbocycles. The standard InChI is InChI=1S/C37H38N10O2/c1-46-22-24-47(25-23-46)21-7-19-39-37-40-20-17-31(43-37)30-10-6-18-38-36(30)49-27-15-13-26(14-16-27)41-35-29-9-4-3-8-28(29)34(44-45-35)32-11-5-12-33(42-32)48-2/h3-6,8-18,20H,7,19,21-25H2,1-2H3,(H,41,45)(H,39,40,43). The van der Waals surface area contributed by atoms with Gasteiger partial charge in [0.25, 0.3) is 0 Å². The molecule has 248 valence electrons. The SMILES string of the molecule is COc1cccc(-c2nnc(Nc3ccc(Oc4ncccc4-c4ccnc(NCCCN5CCN(C)CC5)n4)cc3)c3ccccc23)n1. The Morgan fingerprint density at radius 3 is 2.43 bits per heavy atom. The van der Waals surface area contributed by atoms with Crippen LogP contribution < -0.4 is 20.1 Å². The van der Waals surface area contributed by atoms with Gasteiger partial charge in [0, 0.05) is 67.6 Å². The van der Waals surface area contributed by atoms with Gasteiger partial charge in [-0.25, -0.2) is 19.9 Å². The molecule has 49 heavy (non-hydrogen) atoms. The zero-order valence-electron chi connectivity index (χ0n) is 27.6. The number of ether oxygens (including phenoxy) is 2. The summed E-state index contributed by atoms with van der Waals surface area (Å²) in [5, 5.41) is 17.7. The van der Waals surface area contributed by atoms with Gasteiger partial charge in [-0.15, -0.1) is 10.2 Å². The third kappa shape index (κ3) is 7.72. The minimum atomic E-state index is 0.460. The van der Waals surface area contributed by atoms with E-state index in [9.17, 15) is 0 Å². The van der Waals surface area contributed by atoms with Crippen molar-refractivity contribution < 1.29 is 9.47 Å². The van der Waals surface area contributed by atoms with Crippen molar-refractivity contribution in [3.63, 3.8) is 0 Å². The average molecular weight is 655 g/mol. The molecule has 12 nitrogen and oxygen atoms in total. The second-order valence-electron chi connectivity index (χ2n) is 11.8. The second kappa shape index (κ2) is 15.0. The Labute approximate surface area is 285 Å². The number of pyridine rings is 2. The summed E-state index contributed by atoms with van der Waals surface area (Å²) < 4.78 is 11.6. The van der Waals surface area contributed by atoms with Crippen LogP contribution in [-0.4, -0.2) is 93.4 Å². The lowest BCUT2D eigenvalue weighted by atomic mass is 10.1. The van der Waals surface area contributed by atoms with Crippen LogP contribution in [0.5, 0.6) is 17.5 Å². The molecule has 6 aromatic rings. The van der Waals surface area contributed by atoms with E-state index in [1.165, 1.54) is 0 Å². The van der Waals surface area contributed by atoms with Crippen LogP contribution in [0.25, 0.3) is 33.4 Å². The number of rotatable bonds is 12. The summed E-state index contributed by atoms with van der Waals surface area (Å²) in [5.41, 5.74) is 3.72. The predicted molar refractivity (Wildman–Crippen MR) is 191 cm³/mol. The molecule has 0 atom stereocenters. The van der Waals surface area contributed by atoms with Gasteiger partial charge in [-0.1, -0.05) is 30.3 Å². The highest BCUT2D eigenvalue weighted by atomic mass is 16.5. The number of hydrogen-bond acceptors (Lipinski definition) is 12. The van der Waals surface area contributed by atoms with E-state index in [0.717, 1.165) is 73.4 Å². The molecule has 7 rings (SSSR count). The molecular formula is C37H38N10O2. The highest BCUT2D eigenvalue weighted by molar-refractivity contribution is 6.00. The van der Waals surface area contributed by atoms with Crippen molar-refractivity contribution in [2.45, 2.75) is 6.42 Å². The Kier molecular flexibility index (Phi) is 9.76. The first-order chi connectivity index (χ1) is 24.1. The predicted octanol–water partition coefficient (Wildman–Crippen LogP) is 6.14. The number of anilines is 3. The lowest BCUT2D eigenvalue weighted by Crippen LogP contribution is -2.44. The molecule has 0 unspecified atom stereocenters. The third-order valence-electron chi connectivity index (χ3n) is 8.43. The zero-order valence-corrected chi connectivity index (χ0v) is 27.6. The smallest absolute Gasteiger partial charge is 0.228 e. The number of methoxy groups -OCH3 is 1. The van der Waals surface area contributed by atoms with Gasteiger partial charge in [-0.3, -0.25) is 0 Å². The molecule has 0 bridgehead atoms. The van der Waals surface area contributed by atoms with Crippen molar-refractivity contribution in [3.05, 3.63) is 97.3 Å². The van der Waals surface area contributed by atoms with Gasteiger partial charge in [0.1, 0.15) is 11.4 Å². The minimum absolute atomic E-state index is 0.460. The summed E-state index contributed by atoms with van der Waals surface area (Å²) in [6.07, 6.45) is 4.50. The highest BCUT2D eigenvalue weighted by Gasteiger charge is 2.15. The van der Waals surface area contributed by atoms with Gasteiger partial charge in [-0.05, 0) is 68.5 Å². The molecule has 1 saturated heterocycles. The summed E-state index contributed by atoms with van der Waals surface area (Å²) in [6, 6.07) is 26.9. The van der Waals surface area contributed by atoms with E-state index in [0.29, 0.717) is 40.7 Å². The van der Waals surface area contributed by atoms with Crippen LogP contribution in [0.4, 0.5) is 17.5 Å². The van der Waals surface area contributed by atoms with Crippen LogP contribution in [0.2, 0.25) is 0 Å². The monoisotopic (exact) mass is 654 g/mol. The van der Waals surface area contributed by atoms with Crippen LogP contribution in [0.3, 0.4) is 0 Å². The first kappa shape index (κ1) is 31.9. The second-order valence-corrected chi connectivity index (χ2v) is 11.8. The van der Waals surface area contributed by atoms with Crippen LogP contribution in [-0.2, 0) is 0 Å². The van der Waals surface area contributed by atoms with Crippen molar-refractivity contribution in [2.24, 2.45) is 0 Å². The fourth-order valence-corrected chi connectivity index (χ4v) is 5.74. The summed E-state index contributed by atoms with van der Waals surface area (Å²) in [6.45, 7) is 6.36. The Balaban J connectivity index is 1.02. The molecular weight excluding hydrogens is 616 g/mol. The van der Waals surface area contributed by atoms with Gasteiger partial charge in [0.15, 0.2) is 5.82 Å². The molecule has 12 heteroatoms. The van der Waals surface area contributed by atoms with Crippen LogP contribution in [0.15, 0.2) is 97.3 Å². The largest absolute Gasteiger partial charge is 0.481 e. The number of nitrogens with one attached hydrogen (secondary N) is 2. The van der Waals surface area contributed by atoms with Gasteiger partial charge in [0.2, 0.25) is 17.7 Å². The molecule has 5 heterocycles. The Bertz CT molecular complexity index is 2020. The van der Waals surface area contributed by atoms with Crippen molar-refractivity contribution in [3.8, 4) is 40.2 Å². The normalized spacial score (nSPS) is 13.7. The fourth-order valence-electron chi connectivity index (χ4n) is 5.74. The van der Waals surface area contributed by atoms with Gasteiger partial charge >= 0.3 is 0 Å². The number of piperazine rings is 1. The van der Waals surface area contributed by atoms with Gasteiger partial charge in [-0.2, -0.15) is 0 Å². The third-order valence-corrected chi connectivity index (χ3v) is 8.43. The van der Waals surface area contributed by atoms with E-state index in [4.69, 9.17) is 14.5 Å². The number of nitrogens with zero attached hydrogens (tertiary/aromatic N) is 8. The van der Waals surface area contributed by atoms with Crippen molar-refractivity contribution >= 4 is 28.2 Å². The van der Waals surface area contributed by atoms with E-state index in [1.807, 2.05) is 78.9 Å². The number of fused-ring (bicyclic) bond motifs is 1. The maximum Gasteiger partial charge on any atom is 0.228 e. The minimum Gasteiger partial charge on any atom is -0.481 e.